The van der Waals surface area contributed by atoms with E-state index in [9.17, 15) is 33.6 Å². The average Bonchev–Trinajstić information content (AvgIpc) is 4.02. The number of nitrogens with two attached hydrogens (primary N) is 1. The van der Waals surface area contributed by atoms with E-state index in [1.807, 2.05) is 86.6 Å². The Bertz CT molecular complexity index is 2330. The third-order valence-corrected chi connectivity index (χ3v) is 11.7. The summed E-state index contributed by atoms with van der Waals surface area (Å²) in [5.41, 5.74) is 8.19. The smallest absolute Gasteiger partial charge is 0.410 e. The van der Waals surface area contributed by atoms with Crippen molar-refractivity contribution in [2.24, 2.45) is 11.7 Å². The molecule has 7 amide bonds. The van der Waals surface area contributed by atoms with Crippen LogP contribution in [0.4, 0.5) is 4.79 Å². The number of aromatic amines is 1. The lowest BCUT2D eigenvalue weighted by Gasteiger charge is -2.37. The normalized spacial score (nSPS) is 17.7. The van der Waals surface area contributed by atoms with Gasteiger partial charge >= 0.3 is 6.09 Å². The summed E-state index contributed by atoms with van der Waals surface area (Å²) in [6, 6.07) is 20.1. The Morgan fingerprint density at radius 3 is 2.09 bits per heavy atom. The minimum atomic E-state index is -1.22. The highest BCUT2D eigenvalue weighted by Crippen LogP contribution is 2.25. The van der Waals surface area contributed by atoms with Gasteiger partial charge in [-0.05, 0) is 75.1 Å². The summed E-state index contributed by atoms with van der Waals surface area (Å²) >= 11 is 0. The molecule has 16 heteroatoms. The highest BCUT2D eigenvalue weighted by Gasteiger charge is 2.44. The van der Waals surface area contributed by atoms with Crippen LogP contribution < -0.4 is 21.7 Å². The maximum absolute atomic E-state index is 14.6. The molecule has 1 aromatic heterocycles. The fourth-order valence-corrected chi connectivity index (χ4v) is 8.34. The highest BCUT2D eigenvalue weighted by atomic mass is 16.6. The number of para-hydroxylation sites is 1. The minimum Gasteiger partial charge on any atom is -0.444 e. The molecule has 5 atom stereocenters. The van der Waals surface area contributed by atoms with Crippen LogP contribution in [0.2, 0.25) is 0 Å². The Morgan fingerprint density at radius 1 is 0.815 bits per heavy atom. The number of hydrogen-bond donors (Lipinski definition) is 5. The molecule has 65 heavy (non-hydrogen) atoms. The third kappa shape index (κ3) is 12.5. The molecular weight excluding hydrogens is 829 g/mol. The maximum atomic E-state index is 14.6. The molecule has 0 aliphatic carbocycles. The monoisotopic (exact) mass is 890 g/mol. The lowest BCUT2D eigenvalue weighted by Crippen LogP contribution is -2.60. The Kier molecular flexibility index (Phi) is 15.7. The number of benzene rings is 3. The van der Waals surface area contributed by atoms with Gasteiger partial charge in [0, 0.05) is 55.9 Å². The Balaban J connectivity index is 1.24. The van der Waals surface area contributed by atoms with E-state index in [-0.39, 0.29) is 44.6 Å². The molecular formula is C49H62N8O8. The maximum Gasteiger partial charge on any atom is 0.410 e. The summed E-state index contributed by atoms with van der Waals surface area (Å²) in [5, 5.41) is 11.8. The molecule has 2 saturated heterocycles. The van der Waals surface area contributed by atoms with E-state index in [2.05, 4.69) is 20.9 Å². The Labute approximate surface area is 379 Å². The number of likely N-dealkylation sites (tertiary alicyclic amines) is 1. The van der Waals surface area contributed by atoms with Crippen molar-refractivity contribution in [3.8, 4) is 0 Å². The number of H-pyrrole nitrogens is 1. The molecule has 0 bridgehead atoms. The first kappa shape index (κ1) is 47.8. The fraction of sp³-hybridized carbons (Fsp3) is 0.449. The Hall–Kier alpha value is -6.71. The molecule has 0 radical (unpaired) electrons. The van der Waals surface area contributed by atoms with Crippen molar-refractivity contribution in [2.45, 2.75) is 122 Å². The van der Waals surface area contributed by atoms with Crippen LogP contribution >= 0.6 is 0 Å². The summed E-state index contributed by atoms with van der Waals surface area (Å²) in [7, 11) is 0. The van der Waals surface area contributed by atoms with Crippen molar-refractivity contribution < 1.29 is 38.3 Å². The summed E-state index contributed by atoms with van der Waals surface area (Å²) in [6.45, 7) is 9.51. The number of rotatable bonds is 18. The fourth-order valence-electron chi connectivity index (χ4n) is 8.34. The van der Waals surface area contributed by atoms with Crippen LogP contribution in [-0.2, 0) is 52.8 Å². The quantitative estimate of drug-likeness (QED) is 0.0968. The van der Waals surface area contributed by atoms with Crippen LogP contribution in [0.3, 0.4) is 0 Å². The zero-order valence-corrected chi connectivity index (χ0v) is 37.9. The van der Waals surface area contributed by atoms with Gasteiger partial charge in [-0.15, -0.1) is 0 Å². The number of carbonyl (C=O) groups is 7. The van der Waals surface area contributed by atoms with Crippen LogP contribution in [0.5, 0.6) is 0 Å². The first-order valence-corrected chi connectivity index (χ1v) is 22.4. The first-order valence-electron chi connectivity index (χ1n) is 22.4. The summed E-state index contributed by atoms with van der Waals surface area (Å²) in [5.74, 6) is -3.52. The zero-order valence-electron chi connectivity index (χ0n) is 37.9. The lowest BCUT2D eigenvalue weighted by molar-refractivity contribution is -0.168. The number of ether oxygens (including phenoxy) is 1. The van der Waals surface area contributed by atoms with Gasteiger partial charge in [0.05, 0.1) is 0 Å². The molecule has 2 fully saturated rings. The minimum absolute atomic E-state index is 0.0195. The molecule has 16 nitrogen and oxygen atoms in total. The number of amides is 7. The lowest BCUT2D eigenvalue weighted by atomic mass is 10.0. The van der Waals surface area contributed by atoms with E-state index in [4.69, 9.17) is 10.5 Å². The predicted molar refractivity (Wildman–Crippen MR) is 244 cm³/mol. The summed E-state index contributed by atoms with van der Waals surface area (Å²) < 4.78 is 5.59. The first-order chi connectivity index (χ1) is 31.0. The van der Waals surface area contributed by atoms with Gasteiger partial charge in [-0.2, -0.15) is 0 Å². The van der Waals surface area contributed by atoms with Crippen molar-refractivity contribution in [1.82, 2.24) is 35.9 Å². The van der Waals surface area contributed by atoms with E-state index >= 15 is 0 Å². The molecule has 0 spiro atoms. The van der Waals surface area contributed by atoms with Gasteiger partial charge < -0.3 is 31.4 Å². The van der Waals surface area contributed by atoms with Gasteiger partial charge in [0.25, 0.3) is 5.91 Å². The molecule has 1 unspecified atom stereocenters. The number of nitrogens with zero attached hydrogens (tertiary/aromatic N) is 3. The van der Waals surface area contributed by atoms with Gasteiger partial charge in [-0.1, -0.05) is 92.7 Å². The molecule has 0 saturated carbocycles. The second kappa shape index (κ2) is 21.3. The molecule has 4 aromatic rings. The van der Waals surface area contributed by atoms with Crippen LogP contribution in [0.15, 0.2) is 91.1 Å². The molecule has 2 aliphatic rings. The van der Waals surface area contributed by atoms with Crippen LogP contribution in [-0.4, -0.2) is 110 Å². The van der Waals surface area contributed by atoms with E-state index < -0.39 is 77.3 Å². The molecule has 3 aromatic carbocycles. The van der Waals surface area contributed by atoms with Crippen molar-refractivity contribution in [2.75, 3.05) is 13.1 Å². The van der Waals surface area contributed by atoms with E-state index in [0.29, 0.717) is 25.8 Å². The third-order valence-electron chi connectivity index (χ3n) is 11.7. The van der Waals surface area contributed by atoms with Gasteiger partial charge in [0.2, 0.25) is 29.5 Å². The van der Waals surface area contributed by atoms with Crippen molar-refractivity contribution in [1.29, 1.82) is 0 Å². The number of hydrogen-bond acceptors (Lipinski definition) is 8. The van der Waals surface area contributed by atoms with Crippen molar-refractivity contribution in [3.05, 3.63) is 108 Å². The summed E-state index contributed by atoms with van der Waals surface area (Å²) in [6.07, 6.45) is 2.91. The molecule has 346 valence electrons. The van der Waals surface area contributed by atoms with Gasteiger partial charge in [0.1, 0.15) is 35.8 Å². The SMILES string of the molecule is CC(C)CCC(=O)N(C(Cc1ccccc1)C(N)=O)N1CC[C@H](NC(=O)[C@@H](Cc2ccccc2)NC(=O)[C@@H](Cc2c[nH]c3ccccc23)NC(=O)[C@H]2CCCN2C(=O)OC(C)(C)C)C1=O. The average molecular weight is 891 g/mol. The molecule has 3 heterocycles. The van der Waals surface area contributed by atoms with Gasteiger partial charge in [-0.3, -0.25) is 33.7 Å². The number of nitrogens with one attached hydrogen (secondary N) is 4. The zero-order chi connectivity index (χ0) is 46.8. The highest BCUT2D eigenvalue weighted by molar-refractivity contribution is 5.97. The second-order valence-corrected chi connectivity index (χ2v) is 18.3. The predicted octanol–water partition coefficient (Wildman–Crippen LogP) is 4.32. The summed E-state index contributed by atoms with van der Waals surface area (Å²) in [4.78, 5) is 102. The van der Waals surface area contributed by atoms with E-state index in [1.54, 1.807) is 39.1 Å². The number of primary amides is 1. The standard InChI is InChI=1S/C49H62N8O8/c1-31(2)22-23-42(58)57(41(43(50)59)28-33-17-10-7-11-18-33)56-26-24-37(47(56)63)52-44(60)38(27-32-15-8-6-9-16-32)53-45(61)39(29-34-30-51-36-20-13-12-19-35(34)36)54-46(62)40-21-14-25-55(40)48(64)65-49(3,4)5/h6-13,15-20,30-31,37-41,51H,14,21-29H2,1-5H3,(H2,50,59)(H,52,60)(H,53,61)(H,54,62)/t37-,38+,39+,40+,41?/m0/s1. The largest absolute Gasteiger partial charge is 0.444 e. The number of hydrazine groups is 1. The second-order valence-electron chi connectivity index (χ2n) is 18.3. The van der Waals surface area contributed by atoms with Crippen LogP contribution in [0.1, 0.15) is 83.4 Å². The molecule has 2 aliphatic heterocycles. The number of carbonyl (C=O) groups excluding carboxylic acids is 7. The molecule has 6 rings (SSSR count). The molecule has 6 N–H and O–H groups in total. The van der Waals surface area contributed by atoms with Crippen LogP contribution in [0.25, 0.3) is 10.9 Å². The van der Waals surface area contributed by atoms with Crippen molar-refractivity contribution in [3.63, 3.8) is 0 Å². The van der Waals surface area contributed by atoms with Gasteiger partial charge in [0.15, 0.2) is 0 Å². The Morgan fingerprint density at radius 2 is 1.45 bits per heavy atom. The van der Waals surface area contributed by atoms with Crippen LogP contribution in [0, 0.1) is 5.92 Å². The number of fused-ring (bicyclic) bond motifs is 1. The van der Waals surface area contributed by atoms with Gasteiger partial charge in [-0.25, -0.2) is 14.8 Å². The van der Waals surface area contributed by atoms with Crippen molar-refractivity contribution >= 4 is 52.4 Å². The number of aromatic nitrogens is 1. The van der Waals surface area contributed by atoms with E-state index in [0.717, 1.165) is 27.6 Å². The topological polar surface area (TPSA) is 216 Å². The van der Waals surface area contributed by atoms with E-state index in [1.165, 1.54) is 14.9 Å².